The lowest BCUT2D eigenvalue weighted by Crippen LogP contribution is -2.46. The van der Waals surface area contributed by atoms with Crippen LogP contribution < -0.4 is 0 Å². The quantitative estimate of drug-likeness (QED) is 0.309. The molecule has 0 saturated heterocycles. The number of hydrogen-bond donors (Lipinski definition) is 0. The first-order valence-corrected chi connectivity index (χ1v) is 9.84. The average molecular weight is 392 g/mol. The number of carbonyl (C=O) groups excluding carboxylic acids is 2. The van der Waals surface area contributed by atoms with Gasteiger partial charge >= 0.3 is 0 Å². The molecule has 0 saturated carbocycles. The minimum atomic E-state index is -0.657. The summed E-state index contributed by atoms with van der Waals surface area (Å²) in [6, 6.07) is 14.3. The molecule has 1 atom stereocenters. The summed E-state index contributed by atoms with van der Waals surface area (Å²) in [5.41, 5.74) is 2.72. The first kappa shape index (κ1) is 20.5. The Bertz CT molecular complexity index is 951. The van der Waals surface area contributed by atoms with Crippen LogP contribution in [0.3, 0.4) is 0 Å². The van der Waals surface area contributed by atoms with Gasteiger partial charge in [0.25, 0.3) is 11.6 Å². The van der Waals surface area contributed by atoms with Gasteiger partial charge < -0.3 is 4.90 Å². The van der Waals surface area contributed by atoms with Crippen molar-refractivity contribution in [2.45, 2.75) is 38.6 Å². The van der Waals surface area contributed by atoms with E-state index < -0.39 is 16.6 Å². The van der Waals surface area contributed by atoms with E-state index in [2.05, 4.69) is 12.1 Å². The molecule has 2 aromatic carbocycles. The fraction of sp³-hybridized carbons (Fsp3) is 0.304. The molecule has 29 heavy (non-hydrogen) atoms. The van der Waals surface area contributed by atoms with Crippen molar-refractivity contribution in [3.05, 3.63) is 81.4 Å². The fourth-order valence-electron chi connectivity index (χ4n) is 3.81. The van der Waals surface area contributed by atoms with E-state index in [9.17, 15) is 19.7 Å². The van der Waals surface area contributed by atoms with E-state index >= 15 is 0 Å². The Morgan fingerprint density at radius 2 is 1.83 bits per heavy atom. The van der Waals surface area contributed by atoms with E-state index in [4.69, 9.17) is 0 Å². The largest absolute Gasteiger partial charge is 0.333 e. The molecule has 0 aliphatic heterocycles. The smallest absolute Gasteiger partial charge is 0.294 e. The van der Waals surface area contributed by atoms with E-state index in [1.807, 2.05) is 19.1 Å². The summed E-state index contributed by atoms with van der Waals surface area (Å²) in [7, 11) is 0. The fourth-order valence-corrected chi connectivity index (χ4v) is 3.81. The summed E-state index contributed by atoms with van der Waals surface area (Å²) in [6.07, 6.45) is 5.69. The average Bonchev–Trinajstić information content (AvgIpc) is 2.75. The van der Waals surface area contributed by atoms with Crippen LogP contribution in [0.1, 0.15) is 36.5 Å². The lowest BCUT2D eigenvalue weighted by Gasteiger charge is -2.34. The number of ketones is 1. The van der Waals surface area contributed by atoms with E-state index in [-0.39, 0.29) is 11.7 Å². The molecule has 0 spiro atoms. The number of carbonyl (C=O) groups is 2. The standard InChI is InChI=1S/C23H24N2O4/c1-2-15-24(20-13-11-17-7-3-4-9-19(17)16-20)23(27)22(26)14-12-18-8-5-6-10-21(18)25(28)29/h3-10,12,14,20H,2,11,13,15-16H2,1H3. The Kier molecular flexibility index (Phi) is 6.54. The molecule has 6 heteroatoms. The van der Waals surface area contributed by atoms with E-state index in [0.29, 0.717) is 12.1 Å². The van der Waals surface area contributed by atoms with Gasteiger partial charge in [-0.15, -0.1) is 0 Å². The van der Waals surface area contributed by atoms with Crippen molar-refractivity contribution in [3.8, 4) is 0 Å². The molecule has 1 unspecified atom stereocenters. The number of nitrogens with zero attached hydrogens (tertiary/aromatic N) is 2. The topological polar surface area (TPSA) is 80.5 Å². The number of fused-ring (bicyclic) bond motifs is 1. The molecule has 0 fully saturated rings. The lowest BCUT2D eigenvalue weighted by molar-refractivity contribution is -0.385. The number of aryl methyl sites for hydroxylation is 1. The van der Waals surface area contributed by atoms with Crippen molar-refractivity contribution < 1.29 is 14.5 Å². The number of benzene rings is 2. The normalized spacial score (nSPS) is 15.7. The van der Waals surface area contributed by atoms with Crippen molar-refractivity contribution >= 4 is 23.5 Å². The predicted molar refractivity (Wildman–Crippen MR) is 111 cm³/mol. The van der Waals surface area contributed by atoms with Crippen molar-refractivity contribution in [1.29, 1.82) is 0 Å². The maximum absolute atomic E-state index is 12.9. The molecule has 6 nitrogen and oxygen atoms in total. The Morgan fingerprint density at radius 3 is 2.55 bits per heavy atom. The summed E-state index contributed by atoms with van der Waals surface area (Å²) in [6.45, 7) is 2.49. The van der Waals surface area contributed by atoms with E-state index in [0.717, 1.165) is 31.8 Å². The van der Waals surface area contributed by atoms with Gasteiger partial charge in [-0.1, -0.05) is 43.3 Å². The SMILES string of the molecule is CCCN(C(=O)C(=O)C=Cc1ccccc1[N+](=O)[O-])C1CCc2ccccc2C1. The van der Waals surface area contributed by atoms with Crippen LogP contribution in [0.5, 0.6) is 0 Å². The number of nitro benzene ring substituents is 1. The second kappa shape index (κ2) is 9.28. The zero-order chi connectivity index (χ0) is 20.8. The Balaban J connectivity index is 1.76. The monoisotopic (exact) mass is 392 g/mol. The molecule has 2 aromatic rings. The lowest BCUT2D eigenvalue weighted by atomic mass is 9.87. The van der Waals surface area contributed by atoms with Gasteiger partial charge in [0.1, 0.15) is 0 Å². The minimum Gasteiger partial charge on any atom is -0.333 e. The van der Waals surface area contributed by atoms with Crippen LogP contribution in [0, 0.1) is 10.1 Å². The van der Waals surface area contributed by atoms with Crippen LogP contribution in [0.15, 0.2) is 54.6 Å². The third-order valence-electron chi connectivity index (χ3n) is 5.25. The van der Waals surface area contributed by atoms with Crippen molar-refractivity contribution in [2.75, 3.05) is 6.54 Å². The highest BCUT2D eigenvalue weighted by Gasteiger charge is 2.29. The van der Waals surface area contributed by atoms with Crippen molar-refractivity contribution in [1.82, 2.24) is 4.90 Å². The van der Waals surface area contributed by atoms with Crippen LogP contribution in [0.2, 0.25) is 0 Å². The van der Waals surface area contributed by atoms with Crippen molar-refractivity contribution in [2.24, 2.45) is 0 Å². The van der Waals surface area contributed by atoms with Gasteiger partial charge in [-0.05, 0) is 55.0 Å². The highest BCUT2D eigenvalue weighted by molar-refractivity contribution is 6.41. The molecular formula is C23H24N2O4. The zero-order valence-electron chi connectivity index (χ0n) is 16.4. The van der Waals surface area contributed by atoms with Gasteiger partial charge in [0, 0.05) is 18.7 Å². The number of nitro groups is 1. The highest BCUT2D eigenvalue weighted by atomic mass is 16.6. The number of rotatable bonds is 7. The molecule has 0 bridgehead atoms. The molecule has 0 heterocycles. The molecule has 0 N–H and O–H groups in total. The van der Waals surface area contributed by atoms with Gasteiger partial charge in [-0.3, -0.25) is 19.7 Å². The van der Waals surface area contributed by atoms with Crippen LogP contribution in [0.25, 0.3) is 6.08 Å². The maximum atomic E-state index is 12.9. The number of para-hydroxylation sites is 1. The van der Waals surface area contributed by atoms with E-state index in [1.165, 1.54) is 23.3 Å². The van der Waals surface area contributed by atoms with Crippen molar-refractivity contribution in [3.63, 3.8) is 0 Å². The van der Waals surface area contributed by atoms with Crippen LogP contribution >= 0.6 is 0 Å². The summed E-state index contributed by atoms with van der Waals surface area (Å²) in [4.78, 5) is 37.7. The second-order valence-corrected chi connectivity index (χ2v) is 7.18. The maximum Gasteiger partial charge on any atom is 0.294 e. The van der Waals surface area contributed by atoms with Gasteiger partial charge in [0.2, 0.25) is 5.78 Å². The first-order chi connectivity index (χ1) is 14.0. The van der Waals surface area contributed by atoms with Gasteiger partial charge in [-0.25, -0.2) is 0 Å². The summed E-state index contributed by atoms with van der Waals surface area (Å²) in [5.74, 6) is -1.21. The minimum absolute atomic E-state index is 0.0132. The summed E-state index contributed by atoms with van der Waals surface area (Å²) < 4.78 is 0. The molecule has 1 aliphatic rings. The second-order valence-electron chi connectivity index (χ2n) is 7.18. The summed E-state index contributed by atoms with van der Waals surface area (Å²) >= 11 is 0. The van der Waals surface area contributed by atoms with Gasteiger partial charge in [-0.2, -0.15) is 0 Å². The first-order valence-electron chi connectivity index (χ1n) is 9.84. The Hall–Kier alpha value is -3.28. The Labute approximate surface area is 170 Å². The molecule has 3 rings (SSSR count). The van der Waals surface area contributed by atoms with E-state index in [1.54, 1.807) is 23.1 Å². The number of amides is 1. The third kappa shape index (κ3) is 4.77. The van der Waals surface area contributed by atoms with Gasteiger partial charge in [0.15, 0.2) is 0 Å². The molecule has 0 aromatic heterocycles. The van der Waals surface area contributed by atoms with Gasteiger partial charge in [0.05, 0.1) is 10.5 Å². The highest BCUT2D eigenvalue weighted by Crippen LogP contribution is 2.25. The molecule has 150 valence electrons. The van der Waals surface area contributed by atoms with Crippen LogP contribution in [-0.4, -0.2) is 34.1 Å². The predicted octanol–water partition coefficient (Wildman–Crippen LogP) is 3.97. The summed E-state index contributed by atoms with van der Waals surface area (Å²) in [5, 5.41) is 11.1. The molecule has 0 radical (unpaired) electrons. The molecule has 1 amide bonds. The zero-order valence-corrected chi connectivity index (χ0v) is 16.4. The molecule has 1 aliphatic carbocycles. The van der Waals surface area contributed by atoms with Crippen LogP contribution in [-0.2, 0) is 22.4 Å². The van der Waals surface area contributed by atoms with Crippen LogP contribution in [0.4, 0.5) is 5.69 Å². The number of hydrogen-bond acceptors (Lipinski definition) is 4. The Morgan fingerprint density at radius 1 is 1.14 bits per heavy atom. The molecular weight excluding hydrogens is 368 g/mol. The third-order valence-corrected chi connectivity index (χ3v) is 5.25.